The lowest BCUT2D eigenvalue weighted by molar-refractivity contribution is -0.168. The highest BCUT2D eigenvalue weighted by atomic mass is 32.2. The van der Waals surface area contributed by atoms with Crippen LogP contribution in [0.5, 0.6) is 5.75 Å². The number of β-lactam (4-membered cyclic amide) rings is 1. The SMILES string of the molecule is Cc1c(O)cccc1C(=O)N[C@@H](Cc1ccccc1)[C@H](O)C(=O)N1CSC2(C)[C@H]1C(=O)N2Cc1cc(F)ccc1C(F)(F)F. The number of carbonyl (C=O) groups excluding carboxylic acids is 3. The van der Waals surface area contributed by atoms with Gasteiger partial charge in [-0.05, 0) is 61.7 Å². The number of nitrogens with one attached hydrogen (secondary N) is 1. The number of nitrogens with zero attached hydrogens (tertiary/aromatic N) is 2. The molecule has 2 heterocycles. The summed E-state index contributed by atoms with van der Waals surface area (Å²) in [6.45, 7) is 2.63. The summed E-state index contributed by atoms with van der Waals surface area (Å²) in [6.07, 6.45) is -6.50. The predicted molar refractivity (Wildman–Crippen MR) is 154 cm³/mol. The zero-order chi connectivity index (χ0) is 32.0. The summed E-state index contributed by atoms with van der Waals surface area (Å²) < 4.78 is 54.7. The van der Waals surface area contributed by atoms with Crippen molar-refractivity contribution in [3.8, 4) is 5.75 Å². The fraction of sp³-hybridized carbons (Fsp3) is 0.323. The van der Waals surface area contributed by atoms with Crippen molar-refractivity contribution in [2.45, 2.75) is 56.0 Å². The van der Waals surface area contributed by atoms with Gasteiger partial charge in [-0.25, -0.2) is 4.39 Å². The molecule has 3 N–H and O–H groups in total. The van der Waals surface area contributed by atoms with Crippen LogP contribution in [0.4, 0.5) is 17.6 Å². The van der Waals surface area contributed by atoms with E-state index < -0.39 is 70.4 Å². The number of fused-ring (bicyclic) bond motifs is 1. The minimum absolute atomic E-state index is 0.0494. The second-order valence-corrected chi connectivity index (χ2v) is 12.3. The largest absolute Gasteiger partial charge is 0.508 e. The van der Waals surface area contributed by atoms with Gasteiger partial charge < -0.3 is 25.3 Å². The van der Waals surface area contributed by atoms with Crippen LogP contribution in [0.25, 0.3) is 0 Å². The molecule has 1 unspecified atom stereocenters. The van der Waals surface area contributed by atoms with Crippen LogP contribution in [-0.2, 0) is 28.7 Å². The average Bonchev–Trinajstić information content (AvgIpc) is 3.29. The molecule has 0 spiro atoms. The van der Waals surface area contributed by atoms with Gasteiger partial charge in [0.1, 0.15) is 22.5 Å². The normalized spacial score (nSPS) is 21.0. The Hall–Kier alpha value is -4.10. The molecule has 13 heteroatoms. The van der Waals surface area contributed by atoms with Gasteiger partial charge in [-0.2, -0.15) is 13.2 Å². The third kappa shape index (κ3) is 5.73. The lowest BCUT2D eigenvalue weighted by Gasteiger charge is -2.53. The van der Waals surface area contributed by atoms with E-state index in [9.17, 15) is 42.2 Å². The molecule has 2 fully saturated rings. The maximum absolute atomic E-state index is 13.9. The molecule has 44 heavy (non-hydrogen) atoms. The van der Waals surface area contributed by atoms with E-state index in [4.69, 9.17) is 0 Å². The van der Waals surface area contributed by atoms with E-state index in [2.05, 4.69) is 5.32 Å². The molecule has 0 aromatic heterocycles. The van der Waals surface area contributed by atoms with Gasteiger partial charge in [0.2, 0.25) is 5.91 Å². The summed E-state index contributed by atoms with van der Waals surface area (Å²) in [4.78, 5) is 41.4. The first-order valence-corrected chi connectivity index (χ1v) is 14.6. The highest BCUT2D eigenvalue weighted by Gasteiger charge is 2.65. The first-order valence-electron chi connectivity index (χ1n) is 13.7. The summed E-state index contributed by atoms with van der Waals surface area (Å²) >= 11 is 1.14. The Balaban J connectivity index is 1.36. The number of phenolic OH excluding ortho intramolecular Hbond substituents is 1. The summed E-state index contributed by atoms with van der Waals surface area (Å²) in [5.74, 6) is -3.14. The van der Waals surface area contributed by atoms with Crippen molar-refractivity contribution in [1.29, 1.82) is 0 Å². The van der Waals surface area contributed by atoms with Crippen molar-refractivity contribution in [3.05, 3.63) is 100 Å². The number of hydrogen-bond acceptors (Lipinski definition) is 6. The van der Waals surface area contributed by atoms with Crippen LogP contribution in [0.15, 0.2) is 66.7 Å². The standard InChI is InChI=1S/C31H29F4N3O5S/c1-17-21(9-6-10-24(17)39)27(41)36-23(13-18-7-4-3-5-8-18)25(40)28(42)37-16-44-30(2)26(37)29(43)38(30)15-19-14-20(32)11-12-22(19)31(33,34)35/h3-12,14,23,25-26,39-40H,13,15-16H2,1-2H3,(H,36,41)/t23-,25-,26+,30?/m0/s1. The van der Waals surface area contributed by atoms with E-state index in [1.807, 2.05) is 0 Å². The van der Waals surface area contributed by atoms with Crippen molar-refractivity contribution in [2.75, 3.05) is 5.88 Å². The minimum Gasteiger partial charge on any atom is -0.508 e. The number of alkyl halides is 3. The molecule has 0 saturated carbocycles. The molecule has 3 aromatic carbocycles. The van der Waals surface area contributed by atoms with Crippen LogP contribution < -0.4 is 5.32 Å². The average molecular weight is 632 g/mol. The Bertz CT molecular complexity index is 1600. The van der Waals surface area contributed by atoms with Crippen molar-refractivity contribution < 1.29 is 42.2 Å². The second-order valence-electron chi connectivity index (χ2n) is 10.9. The van der Waals surface area contributed by atoms with Crippen LogP contribution in [-0.4, -0.2) is 66.7 Å². The van der Waals surface area contributed by atoms with E-state index in [-0.39, 0.29) is 23.6 Å². The molecule has 2 aliphatic rings. The molecule has 3 aromatic rings. The van der Waals surface area contributed by atoms with E-state index in [0.29, 0.717) is 23.3 Å². The molecular formula is C31H29F4N3O5S. The van der Waals surface area contributed by atoms with Crippen molar-refractivity contribution >= 4 is 29.5 Å². The zero-order valence-electron chi connectivity index (χ0n) is 23.6. The molecule has 3 amide bonds. The Kier molecular flexibility index (Phi) is 8.38. The number of likely N-dealkylation sites (tertiary alicyclic amines) is 1. The van der Waals surface area contributed by atoms with E-state index in [1.165, 1.54) is 23.1 Å². The minimum atomic E-state index is -4.76. The topological polar surface area (TPSA) is 110 Å². The first kappa shape index (κ1) is 31.3. The summed E-state index contributed by atoms with van der Waals surface area (Å²) in [5.41, 5.74) is -0.315. The monoisotopic (exact) mass is 631 g/mol. The number of benzene rings is 3. The molecule has 0 aliphatic carbocycles. The number of thioether (sulfide) groups is 1. The molecule has 232 valence electrons. The van der Waals surface area contributed by atoms with Crippen molar-refractivity contribution in [1.82, 2.24) is 15.1 Å². The molecule has 2 aliphatic heterocycles. The maximum atomic E-state index is 13.9. The molecule has 0 radical (unpaired) electrons. The number of aromatic hydroxyl groups is 1. The van der Waals surface area contributed by atoms with Gasteiger partial charge in [-0.3, -0.25) is 14.4 Å². The fourth-order valence-corrected chi connectivity index (χ4v) is 7.04. The van der Waals surface area contributed by atoms with Crippen LogP contribution in [0.1, 0.15) is 39.5 Å². The number of aliphatic hydroxyl groups excluding tert-OH is 1. The highest BCUT2D eigenvalue weighted by Crippen LogP contribution is 2.51. The van der Waals surface area contributed by atoms with E-state index >= 15 is 0 Å². The van der Waals surface area contributed by atoms with E-state index in [1.54, 1.807) is 44.2 Å². The van der Waals surface area contributed by atoms with Gasteiger partial charge >= 0.3 is 6.18 Å². The highest BCUT2D eigenvalue weighted by molar-refractivity contribution is 8.01. The molecule has 4 atom stereocenters. The van der Waals surface area contributed by atoms with Gasteiger partial charge in [0.25, 0.3) is 11.8 Å². The van der Waals surface area contributed by atoms with Crippen LogP contribution >= 0.6 is 11.8 Å². The van der Waals surface area contributed by atoms with Crippen molar-refractivity contribution in [2.24, 2.45) is 0 Å². The molecular weight excluding hydrogens is 602 g/mol. The number of hydrogen-bond donors (Lipinski definition) is 3. The number of phenols is 1. The quantitative estimate of drug-likeness (QED) is 0.254. The Morgan fingerprint density at radius 3 is 2.50 bits per heavy atom. The fourth-order valence-electron chi connectivity index (χ4n) is 5.66. The predicted octanol–water partition coefficient (Wildman–Crippen LogP) is 4.22. The number of halogens is 4. The Morgan fingerprint density at radius 2 is 1.82 bits per heavy atom. The lowest BCUT2D eigenvalue weighted by atomic mass is 9.91. The molecule has 0 bridgehead atoms. The van der Waals surface area contributed by atoms with Gasteiger partial charge in [0, 0.05) is 17.7 Å². The summed E-state index contributed by atoms with van der Waals surface area (Å²) in [7, 11) is 0. The lowest BCUT2D eigenvalue weighted by Crippen LogP contribution is -2.73. The van der Waals surface area contributed by atoms with Gasteiger partial charge in [-0.15, -0.1) is 11.8 Å². The summed E-state index contributed by atoms with van der Waals surface area (Å²) in [5, 5.41) is 24.1. The number of carbonyl (C=O) groups is 3. The van der Waals surface area contributed by atoms with Crippen LogP contribution in [0.3, 0.4) is 0 Å². The Morgan fingerprint density at radius 1 is 1.11 bits per heavy atom. The van der Waals surface area contributed by atoms with Gasteiger partial charge in [0.15, 0.2) is 6.10 Å². The third-order valence-electron chi connectivity index (χ3n) is 8.13. The number of aliphatic hydroxyl groups is 1. The number of rotatable bonds is 8. The number of amides is 3. The maximum Gasteiger partial charge on any atom is 0.416 e. The molecule has 2 saturated heterocycles. The second kappa shape index (κ2) is 11.8. The van der Waals surface area contributed by atoms with Crippen molar-refractivity contribution in [3.63, 3.8) is 0 Å². The smallest absolute Gasteiger partial charge is 0.416 e. The van der Waals surface area contributed by atoms with Crippen LogP contribution in [0.2, 0.25) is 0 Å². The summed E-state index contributed by atoms with van der Waals surface area (Å²) in [6, 6.07) is 13.1. The van der Waals surface area contributed by atoms with Gasteiger partial charge in [-0.1, -0.05) is 36.4 Å². The van der Waals surface area contributed by atoms with E-state index in [0.717, 1.165) is 22.7 Å². The molecule has 8 nitrogen and oxygen atoms in total. The zero-order valence-corrected chi connectivity index (χ0v) is 24.5. The Labute approximate surface area is 254 Å². The van der Waals surface area contributed by atoms with Gasteiger partial charge in [0.05, 0.1) is 17.5 Å². The first-order chi connectivity index (χ1) is 20.7. The third-order valence-corrected chi connectivity index (χ3v) is 9.57. The molecule has 5 rings (SSSR count). The van der Waals surface area contributed by atoms with Crippen LogP contribution in [0, 0.1) is 12.7 Å².